The molecule has 1 heterocycles. The Morgan fingerprint density at radius 1 is 1.16 bits per heavy atom. The minimum atomic E-state index is -1.23. The molecule has 1 aromatic heterocycles. The summed E-state index contributed by atoms with van der Waals surface area (Å²) in [7, 11) is 1.80. The zero-order valence-electron chi connectivity index (χ0n) is 22.2. The molecule has 1 atom stereocenters. The van der Waals surface area contributed by atoms with Crippen LogP contribution >= 0.6 is 0 Å². The van der Waals surface area contributed by atoms with Gasteiger partial charge in [-0.1, -0.05) is 32.0 Å². The van der Waals surface area contributed by atoms with Gasteiger partial charge in [-0.25, -0.2) is 8.78 Å². The van der Waals surface area contributed by atoms with Crippen LogP contribution in [0.4, 0.5) is 8.78 Å². The van der Waals surface area contributed by atoms with Gasteiger partial charge in [0, 0.05) is 25.4 Å². The third-order valence-electron chi connectivity index (χ3n) is 5.82. The number of rotatable bonds is 10. The molecule has 0 saturated carbocycles. The molecule has 2 aromatic carbocycles. The zero-order valence-corrected chi connectivity index (χ0v) is 22.2. The number of halogens is 2. The van der Waals surface area contributed by atoms with Crippen molar-refractivity contribution in [3.8, 4) is 11.1 Å². The summed E-state index contributed by atoms with van der Waals surface area (Å²) in [6, 6.07) is 6.86. The Bertz CT molecular complexity index is 1250. The van der Waals surface area contributed by atoms with E-state index in [1.807, 2.05) is 32.0 Å². The molecule has 0 fully saturated rings. The first kappa shape index (κ1) is 30.1. The van der Waals surface area contributed by atoms with E-state index in [0.717, 1.165) is 35.7 Å². The average molecular weight is 529 g/mol. The highest BCUT2D eigenvalue weighted by atomic mass is 19.2. The van der Waals surface area contributed by atoms with Crippen molar-refractivity contribution in [2.75, 3.05) is 6.54 Å². The third-order valence-corrected chi connectivity index (χ3v) is 5.82. The van der Waals surface area contributed by atoms with Gasteiger partial charge in [-0.3, -0.25) is 19.1 Å². The number of aryl methyl sites for hydroxylation is 3. The van der Waals surface area contributed by atoms with E-state index in [1.54, 1.807) is 24.1 Å². The molecular weight excluding hydrogens is 494 g/mol. The molecule has 0 aliphatic carbocycles. The molecule has 0 radical (unpaired) electrons. The van der Waals surface area contributed by atoms with Crippen LogP contribution in [0.1, 0.15) is 59.8 Å². The maximum Gasteiger partial charge on any atom is 0.305 e. The molecule has 0 spiro atoms. The average Bonchev–Trinajstić information content (AvgIpc) is 3.27. The maximum atomic E-state index is 14.2. The molecule has 0 unspecified atom stereocenters. The SMILES string of the molecule is CC(C)CCNC(=O)c1cnn(C)c1.Cc1cccc(C)c1-c1cc(F)c(F)c([C@H](CC(=O)O)NC=O)c1. The van der Waals surface area contributed by atoms with E-state index in [9.17, 15) is 23.2 Å². The van der Waals surface area contributed by atoms with Crippen LogP contribution in [0.25, 0.3) is 11.1 Å². The van der Waals surface area contributed by atoms with Crippen molar-refractivity contribution >= 4 is 18.3 Å². The van der Waals surface area contributed by atoms with Crippen LogP contribution in [-0.2, 0) is 16.6 Å². The Balaban J connectivity index is 0.000000308. The van der Waals surface area contributed by atoms with Crippen LogP contribution in [-0.4, -0.2) is 39.7 Å². The van der Waals surface area contributed by atoms with Gasteiger partial charge >= 0.3 is 5.97 Å². The Kier molecular flexibility index (Phi) is 11.1. The molecule has 3 N–H and O–H groups in total. The van der Waals surface area contributed by atoms with E-state index in [-0.39, 0.29) is 17.9 Å². The molecule has 3 aromatic rings. The number of carboxylic acid groups (broad SMARTS) is 1. The summed E-state index contributed by atoms with van der Waals surface area (Å²) in [5, 5.41) is 18.0. The summed E-state index contributed by atoms with van der Waals surface area (Å²) in [4.78, 5) is 33.1. The van der Waals surface area contributed by atoms with Gasteiger partial charge in [0.2, 0.25) is 6.41 Å². The van der Waals surface area contributed by atoms with Gasteiger partial charge in [-0.05, 0) is 60.6 Å². The number of amides is 2. The molecule has 204 valence electrons. The van der Waals surface area contributed by atoms with Gasteiger partial charge in [0.05, 0.1) is 24.2 Å². The van der Waals surface area contributed by atoms with Crippen molar-refractivity contribution in [2.24, 2.45) is 13.0 Å². The lowest BCUT2D eigenvalue weighted by Crippen LogP contribution is -2.24. The molecule has 2 amide bonds. The lowest BCUT2D eigenvalue weighted by atomic mass is 9.92. The van der Waals surface area contributed by atoms with Gasteiger partial charge in [0.25, 0.3) is 5.91 Å². The molecule has 3 rings (SSSR count). The summed E-state index contributed by atoms with van der Waals surface area (Å²) < 4.78 is 29.9. The van der Waals surface area contributed by atoms with Crippen LogP contribution in [0.15, 0.2) is 42.7 Å². The van der Waals surface area contributed by atoms with Crippen molar-refractivity contribution in [1.29, 1.82) is 0 Å². The highest BCUT2D eigenvalue weighted by Crippen LogP contribution is 2.32. The minimum absolute atomic E-state index is 0.0428. The number of nitrogens with one attached hydrogen (secondary N) is 2. The fourth-order valence-electron chi connectivity index (χ4n) is 3.91. The Morgan fingerprint density at radius 3 is 2.34 bits per heavy atom. The third kappa shape index (κ3) is 8.50. The van der Waals surface area contributed by atoms with Gasteiger partial charge < -0.3 is 15.7 Å². The first-order valence-corrected chi connectivity index (χ1v) is 12.2. The van der Waals surface area contributed by atoms with Crippen LogP contribution in [0, 0.1) is 31.4 Å². The van der Waals surface area contributed by atoms with E-state index in [1.165, 1.54) is 6.07 Å². The quantitative estimate of drug-likeness (QED) is 0.330. The second-order valence-electron chi connectivity index (χ2n) is 9.40. The normalized spacial score (nSPS) is 11.4. The van der Waals surface area contributed by atoms with Crippen molar-refractivity contribution in [2.45, 2.75) is 46.6 Å². The molecule has 8 nitrogen and oxygen atoms in total. The molecule has 38 heavy (non-hydrogen) atoms. The first-order valence-electron chi connectivity index (χ1n) is 12.2. The number of nitrogens with zero attached hydrogens (tertiary/aromatic N) is 2. The fourth-order valence-corrected chi connectivity index (χ4v) is 3.91. The van der Waals surface area contributed by atoms with E-state index < -0.39 is 30.1 Å². The topological polar surface area (TPSA) is 113 Å². The lowest BCUT2D eigenvalue weighted by molar-refractivity contribution is -0.137. The highest BCUT2D eigenvalue weighted by Gasteiger charge is 2.23. The number of aliphatic carboxylic acids is 1. The lowest BCUT2D eigenvalue weighted by Gasteiger charge is -2.18. The molecule has 0 saturated heterocycles. The second-order valence-corrected chi connectivity index (χ2v) is 9.40. The van der Waals surface area contributed by atoms with Crippen molar-refractivity contribution < 1.29 is 28.3 Å². The van der Waals surface area contributed by atoms with Gasteiger partial charge in [-0.2, -0.15) is 5.10 Å². The number of carboxylic acids is 1. The summed E-state index contributed by atoms with van der Waals surface area (Å²) in [5.41, 5.74) is 3.37. The Hall–Kier alpha value is -4.08. The summed E-state index contributed by atoms with van der Waals surface area (Å²) in [5.74, 6) is -2.91. The molecular formula is C28H34F2N4O4. The largest absolute Gasteiger partial charge is 0.481 e. The monoisotopic (exact) mass is 528 g/mol. The van der Waals surface area contributed by atoms with E-state index in [0.29, 0.717) is 17.0 Å². The number of aromatic nitrogens is 2. The van der Waals surface area contributed by atoms with Crippen molar-refractivity contribution in [3.63, 3.8) is 0 Å². The van der Waals surface area contributed by atoms with E-state index in [4.69, 9.17) is 5.11 Å². The smallest absolute Gasteiger partial charge is 0.305 e. The van der Waals surface area contributed by atoms with Crippen LogP contribution in [0.3, 0.4) is 0 Å². The van der Waals surface area contributed by atoms with Gasteiger partial charge in [0.1, 0.15) is 0 Å². The summed E-state index contributed by atoms with van der Waals surface area (Å²) in [6.07, 6.45) is 4.02. The van der Waals surface area contributed by atoms with E-state index in [2.05, 4.69) is 29.6 Å². The number of benzene rings is 2. The second kappa shape index (κ2) is 14.0. The minimum Gasteiger partial charge on any atom is -0.481 e. The first-order chi connectivity index (χ1) is 17.9. The number of carbonyl (C=O) groups is 3. The standard InChI is InChI=1S/C18H17F2NO3.C10H17N3O/c1-10-4-3-5-11(2)17(10)12-6-13(18(20)14(19)7-12)15(21-9-22)8-16(23)24;1-8(2)4-5-11-10(14)9-6-12-13(3)7-9/h3-7,9,15H,8H2,1-2H3,(H,21,22)(H,23,24);6-8H,4-5H2,1-3H3,(H,11,14)/t15-;/m0./s1. The predicted molar refractivity (Wildman–Crippen MR) is 140 cm³/mol. The summed E-state index contributed by atoms with van der Waals surface area (Å²) in [6.45, 7) is 8.70. The number of hydrogen-bond acceptors (Lipinski definition) is 4. The Labute approximate surface area is 221 Å². The van der Waals surface area contributed by atoms with Crippen LogP contribution in [0.2, 0.25) is 0 Å². The molecule has 0 aliphatic rings. The Morgan fingerprint density at radius 2 is 1.82 bits per heavy atom. The predicted octanol–water partition coefficient (Wildman–Crippen LogP) is 4.71. The van der Waals surface area contributed by atoms with E-state index >= 15 is 0 Å². The molecule has 10 heteroatoms. The highest BCUT2D eigenvalue weighted by molar-refractivity contribution is 5.93. The van der Waals surface area contributed by atoms with Crippen molar-refractivity contribution in [1.82, 2.24) is 20.4 Å². The van der Waals surface area contributed by atoms with Crippen LogP contribution < -0.4 is 10.6 Å². The zero-order chi connectivity index (χ0) is 28.4. The molecule has 0 bridgehead atoms. The van der Waals surface area contributed by atoms with Gasteiger partial charge in [-0.15, -0.1) is 0 Å². The summed E-state index contributed by atoms with van der Waals surface area (Å²) >= 11 is 0. The molecule has 0 aliphatic heterocycles. The number of carbonyl (C=O) groups excluding carboxylic acids is 2. The van der Waals surface area contributed by atoms with Crippen molar-refractivity contribution in [3.05, 3.63) is 76.6 Å². The number of hydrogen-bond donors (Lipinski definition) is 3. The van der Waals surface area contributed by atoms with Crippen LogP contribution in [0.5, 0.6) is 0 Å². The maximum absolute atomic E-state index is 14.2. The van der Waals surface area contributed by atoms with Gasteiger partial charge in [0.15, 0.2) is 11.6 Å². The fraction of sp³-hybridized carbons (Fsp3) is 0.357.